The van der Waals surface area contributed by atoms with Gasteiger partial charge in [0.15, 0.2) is 5.76 Å². The number of carbonyl (C=O) groups is 1. The van der Waals surface area contributed by atoms with E-state index in [0.29, 0.717) is 16.7 Å². The molecule has 3 rings (SSSR count). The fraction of sp³-hybridized carbons (Fsp3) is 0.0714. The van der Waals surface area contributed by atoms with Crippen LogP contribution in [0.4, 0.5) is 0 Å². The number of nitrogens with one attached hydrogen (secondary N) is 1. The molecule has 0 bridgehead atoms. The van der Waals surface area contributed by atoms with E-state index in [-0.39, 0.29) is 11.3 Å². The summed E-state index contributed by atoms with van der Waals surface area (Å²) >= 11 is 0. The molecule has 0 aliphatic rings. The standard InChI is InChI=1S/C14H11N3O3/c1-9-6-7-12(20-9)13(18)16-17-8-15-11-5-3-2-4-10(11)14(17)19/h2-8H,1H3,(H,16,18). The van der Waals surface area contributed by atoms with Crippen LogP contribution in [-0.4, -0.2) is 15.6 Å². The van der Waals surface area contributed by atoms with E-state index in [2.05, 4.69) is 10.4 Å². The van der Waals surface area contributed by atoms with Crippen molar-refractivity contribution in [1.29, 1.82) is 0 Å². The summed E-state index contributed by atoms with van der Waals surface area (Å²) < 4.78 is 6.24. The molecule has 0 spiro atoms. The first-order valence-electron chi connectivity index (χ1n) is 5.99. The second-order valence-corrected chi connectivity index (χ2v) is 4.29. The summed E-state index contributed by atoms with van der Waals surface area (Å²) in [7, 11) is 0. The number of hydrogen-bond acceptors (Lipinski definition) is 4. The van der Waals surface area contributed by atoms with Gasteiger partial charge in [0, 0.05) is 0 Å². The minimum Gasteiger partial charge on any atom is -0.456 e. The molecule has 1 aromatic carbocycles. The minimum atomic E-state index is -0.503. The lowest BCUT2D eigenvalue weighted by atomic mass is 10.2. The van der Waals surface area contributed by atoms with E-state index in [4.69, 9.17) is 4.42 Å². The molecule has 0 aliphatic heterocycles. The van der Waals surface area contributed by atoms with Crippen LogP contribution in [0.3, 0.4) is 0 Å². The van der Waals surface area contributed by atoms with Crippen LogP contribution in [0.1, 0.15) is 16.3 Å². The van der Waals surface area contributed by atoms with Crippen molar-refractivity contribution in [2.24, 2.45) is 0 Å². The molecule has 6 nitrogen and oxygen atoms in total. The fourth-order valence-corrected chi connectivity index (χ4v) is 1.87. The number of rotatable bonds is 2. The predicted octanol–water partition coefficient (Wildman–Crippen LogP) is 1.68. The third-order valence-electron chi connectivity index (χ3n) is 2.85. The Kier molecular flexibility index (Phi) is 2.83. The Balaban J connectivity index is 1.97. The van der Waals surface area contributed by atoms with Crippen LogP contribution in [0.5, 0.6) is 0 Å². The van der Waals surface area contributed by atoms with Crippen molar-refractivity contribution in [3.8, 4) is 0 Å². The summed E-state index contributed by atoms with van der Waals surface area (Å²) in [6, 6.07) is 10.2. The van der Waals surface area contributed by atoms with Gasteiger partial charge in [-0.15, -0.1) is 0 Å². The maximum Gasteiger partial charge on any atom is 0.305 e. The second-order valence-electron chi connectivity index (χ2n) is 4.29. The van der Waals surface area contributed by atoms with Crippen molar-refractivity contribution >= 4 is 16.8 Å². The van der Waals surface area contributed by atoms with Crippen LogP contribution in [0, 0.1) is 6.92 Å². The van der Waals surface area contributed by atoms with Crippen LogP contribution in [0.25, 0.3) is 10.9 Å². The maximum atomic E-state index is 12.2. The molecule has 0 aliphatic carbocycles. The first-order valence-corrected chi connectivity index (χ1v) is 5.99. The molecule has 0 radical (unpaired) electrons. The van der Waals surface area contributed by atoms with Crippen molar-refractivity contribution in [3.63, 3.8) is 0 Å². The van der Waals surface area contributed by atoms with Crippen molar-refractivity contribution in [1.82, 2.24) is 9.66 Å². The third-order valence-corrected chi connectivity index (χ3v) is 2.85. The monoisotopic (exact) mass is 269 g/mol. The summed E-state index contributed by atoms with van der Waals surface area (Å²) in [5.74, 6) is 0.263. The molecule has 0 saturated heterocycles. The number of hydrogen-bond donors (Lipinski definition) is 1. The Bertz CT molecular complexity index is 848. The lowest BCUT2D eigenvalue weighted by molar-refractivity contribution is 0.0979. The van der Waals surface area contributed by atoms with Gasteiger partial charge in [-0.3, -0.25) is 15.0 Å². The van der Waals surface area contributed by atoms with Crippen LogP contribution in [-0.2, 0) is 0 Å². The lowest BCUT2D eigenvalue weighted by Gasteiger charge is -2.06. The van der Waals surface area contributed by atoms with Crippen LogP contribution in [0.15, 0.2) is 51.9 Å². The number of furan rings is 1. The summed E-state index contributed by atoms with van der Waals surface area (Å²) in [5, 5.41) is 0.436. The smallest absolute Gasteiger partial charge is 0.305 e. The largest absolute Gasteiger partial charge is 0.456 e. The average molecular weight is 269 g/mol. The number of benzene rings is 1. The fourth-order valence-electron chi connectivity index (χ4n) is 1.87. The highest BCUT2D eigenvalue weighted by Gasteiger charge is 2.12. The van der Waals surface area contributed by atoms with Gasteiger partial charge in [-0.25, -0.2) is 9.66 Å². The van der Waals surface area contributed by atoms with Crippen molar-refractivity contribution < 1.29 is 9.21 Å². The van der Waals surface area contributed by atoms with Gasteiger partial charge in [0.2, 0.25) is 0 Å². The summed E-state index contributed by atoms with van der Waals surface area (Å²) in [6.45, 7) is 1.74. The molecular weight excluding hydrogens is 258 g/mol. The molecule has 1 amide bonds. The highest BCUT2D eigenvalue weighted by molar-refractivity contribution is 5.97. The van der Waals surface area contributed by atoms with Crippen molar-refractivity contribution in [3.05, 3.63) is 64.6 Å². The Hall–Kier alpha value is -2.89. The molecule has 3 aromatic rings. The van der Waals surface area contributed by atoms with E-state index < -0.39 is 5.91 Å². The van der Waals surface area contributed by atoms with Gasteiger partial charge in [0.1, 0.15) is 12.1 Å². The SMILES string of the molecule is Cc1ccc(C(=O)Nn2cnc3ccccc3c2=O)o1. The van der Waals surface area contributed by atoms with E-state index in [1.54, 1.807) is 43.3 Å². The first kappa shape index (κ1) is 12.2. The van der Waals surface area contributed by atoms with E-state index >= 15 is 0 Å². The van der Waals surface area contributed by atoms with Gasteiger partial charge >= 0.3 is 5.91 Å². The van der Waals surface area contributed by atoms with E-state index in [9.17, 15) is 9.59 Å². The minimum absolute atomic E-state index is 0.141. The number of aryl methyl sites for hydroxylation is 1. The zero-order valence-corrected chi connectivity index (χ0v) is 10.7. The molecule has 1 N–H and O–H groups in total. The van der Waals surface area contributed by atoms with Gasteiger partial charge in [-0.05, 0) is 31.2 Å². The Labute approximate surface area is 113 Å². The quantitative estimate of drug-likeness (QED) is 0.767. The van der Waals surface area contributed by atoms with Crippen molar-refractivity contribution in [2.75, 3.05) is 5.43 Å². The zero-order chi connectivity index (χ0) is 14.1. The first-order chi connectivity index (χ1) is 9.65. The molecule has 0 fully saturated rings. The maximum absolute atomic E-state index is 12.2. The second kappa shape index (κ2) is 4.65. The lowest BCUT2D eigenvalue weighted by Crippen LogP contribution is -2.33. The van der Waals surface area contributed by atoms with E-state index in [0.717, 1.165) is 4.68 Å². The molecular formula is C14H11N3O3. The highest BCUT2D eigenvalue weighted by atomic mass is 16.3. The van der Waals surface area contributed by atoms with Crippen LogP contribution < -0.4 is 11.0 Å². The molecule has 0 saturated carbocycles. The number of aromatic nitrogens is 2. The van der Waals surface area contributed by atoms with Crippen LogP contribution >= 0.6 is 0 Å². The average Bonchev–Trinajstić information content (AvgIpc) is 2.89. The Morgan fingerprint density at radius 2 is 2.05 bits per heavy atom. The van der Waals surface area contributed by atoms with E-state index in [1.807, 2.05) is 0 Å². The molecule has 6 heteroatoms. The summed E-state index contributed by atoms with van der Waals surface area (Å²) in [4.78, 5) is 28.2. The van der Waals surface area contributed by atoms with Gasteiger partial charge in [0.05, 0.1) is 10.9 Å². The molecule has 2 aromatic heterocycles. The normalized spacial score (nSPS) is 10.7. The third kappa shape index (κ3) is 2.07. The summed E-state index contributed by atoms with van der Waals surface area (Å²) in [6.07, 6.45) is 1.28. The topological polar surface area (TPSA) is 77.1 Å². The van der Waals surface area contributed by atoms with Crippen LogP contribution in [0.2, 0.25) is 0 Å². The number of carbonyl (C=O) groups excluding carboxylic acids is 1. The molecule has 100 valence electrons. The molecule has 2 heterocycles. The predicted molar refractivity (Wildman–Crippen MR) is 73.1 cm³/mol. The molecule has 0 unspecified atom stereocenters. The van der Waals surface area contributed by atoms with E-state index in [1.165, 1.54) is 6.33 Å². The van der Waals surface area contributed by atoms with Crippen molar-refractivity contribution in [2.45, 2.75) is 6.92 Å². The van der Waals surface area contributed by atoms with Gasteiger partial charge in [-0.1, -0.05) is 12.1 Å². The molecule has 20 heavy (non-hydrogen) atoms. The molecule has 0 atom stereocenters. The Morgan fingerprint density at radius 3 is 2.80 bits per heavy atom. The van der Waals surface area contributed by atoms with Gasteiger partial charge < -0.3 is 4.42 Å². The van der Waals surface area contributed by atoms with Gasteiger partial charge in [0.25, 0.3) is 5.56 Å². The highest BCUT2D eigenvalue weighted by Crippen LogP contribution is 2.07. The zero-order valence-electron chi connectivity index (χ0n) is 10.7. The Morgan fingerprint density at radius 1 is 1.25 bits per heavy atom. The number of nitrogens with zero attached hydrogens (tertiary/aromatic N) is 2. The number of para-hydroxylation sites is 1. The van der Waals surface area contributed by atoms with Gasteiger partial charge in [-0.2, -0.15) is 0 Å². The number of fused-ring (bicyclic) bond motifs is 1. The number of amides is 1. The summed E-state index contributed by atoms with van der Waals surface area (Å²) in [5.41, 5.74) is 2.68.